The van der Waals surface area contributed by atoms with Crippen LogP contribution in [0.4, 0.5) is 4.39 Å². The predicted molar refractivity (Wildman–Crippen MR) is 131 cm³/mol. The fourth-order valence-corrected chi connectivity index (χ4v) is 5.72. The number of nitrogens with zero attached hydrogens (tertiary/aromatic N) is 3. The van der Waals surface area contributed by atoms with Gasteiger partial charge in [0, 0.05) is 34.9 Å². The molecule has 0 N–H and O–H groups in total. The van der Waals surface area contributed by atoms with E-state index in [-0.39, 0.29) is 23.7 Å². The zero-order valence-corrected chi connectivity index (χ0v) is 19.8. The van der Waals surface area contributed by atoms with E-state index in [1.807, 2.05) is 6.08 Å². The molecular weight excluding hydrogens is 469 g/mol. The van der Waals surface area contributed by atoms with Crippen LogP contribution in [0, 0.1) is 12.7 Å². The van der Waals surface area contributed by atoms with Crippen LogP contribution in [0.1, 0.15) is 22.6 Å². The number of Topliss-reactive ketones (excluding diaryl/α,β-unsaturated/α-hetero) is 1. The number of hydrogen-bond donors (Lipinski definition) is 0. The number of ketones is 1. The first kappa shape index (κ1) is 22.9. The van der Waals surface area contributed by atoms with Crippen molar-refractivity contribution in [2.45, 2.75) is 24.8 Å². The van der Waals surface area contributed by atoms with E-state index in [9.17, 15) is 17.6 Å². The molecule has 0 bridgehead atoms. The molecule has 4 aromatic rings. The lowest BCUT2D eigenvalue weighted by atomic mass is 10.0. The fourth-order valence-electron chi connectivity index (χ4n) is 4.24. The monoisotopic (exact) mass is 491 g/mol. The van der Waals surface area contributed by atoms with Crippen molar-refractivity contribution in [3.05, 3.63) is 89.2 Å². The summed E-state index contributed by atoms with van der Waals surface area (Å²) in [7, 11) is -3.95. The minimum Gasteiger partial charge on any atom is -0.361 e. The summed E-state index contributed by atoms with van der Waals surface area (Å²) >= 11 is 0. The van der Waals surface area contributed by atoms with E-state index in [0.29, 0.717) is 34.5 Å². The third-order valence-corrected chi connectivity index (χ3v) is 7.56. The Bertz CT molecular complexity index is 1610. The zero-order chi connectivity index (χ0) is 24.6. The van der Waals surface area contributed by atoms with Gasteiger partial charge >= 0.3 is 0 Å². The Labute approximate surface area is 201 Å². The number of aromatic nitrogens is 2. The van der Waals surface area contributed by atoms with Crippen LogP contribution in [0.3, 0.4) is 0 Å². The minimum atomic E-state index is -3.95. The molecule has 0 radical (unpaired) electrons. The Balaban J connectivity index is 1.46. The summed E-state index contributed by atoms with van der Waals surface area (Å²) < 4.78 is 47.9. The minimum absolute atomic E-state index is 0.0416. The van der Waals surface area contributed by atoms with Crippen molar-refractivity contribution in [1.82, 2.24) is 9.72 Å². The first-order chi connectivity index (χ1) is 16.8. The van der Waals surface area contributed by atoms with Gasteiger partial charge in [-0.3, -0.25) is 9.79 Å². The molecule has 9 heteroatoms. The third kappa shape index (κ3) is 4.72. The van der Waals surface area contributed by atoms with Crippen molar-refractivity contribution in [3.63, 3.8) is 0 Å². The Kier molecular flexibility index (Phi) is 5.94. The third-order valence-electron chi connectivity index (χ3n) is 5.86. The number of aliphatic imine (C=N–C) groups is 1. The van der Waals surface area contributed by atoms with Crippen molar-refractivity contribution in [2.75, 3.05) is 12.3 Å². The van der Waals surface area contributed by atoms with Gasteiger partial charge in [-0.15, -0.1) is 0 Å². The molecule has 0 spiro atoms. The number of benzene rings is 2. The van der Waals surface area contributed by atoms with Crippen LogP contribution < -0.4 is 0 Å². The molecule has 2 aromatic carbocycles. The SMILES string of the molecule is Cc1cc(CC(=O)CS(=O)(=O)c2cn(Cc3cc(C4=CCN=C4)ccc3F)c3ccccc23)no1. The lowest BCUT2D eigenvalue weighted by Crippen LogP contribution is -2.18. The number of hydrogen-bond acceptors (Lipinski definition) is 6. The number of aryl methyl sites for hydroxylation is 1. The molecule has 0 unspecified atom stereocenters. The van der Waals surface area contributed by atoms with E-state index in [0.717, 1.165) is 11.1 Å². The first-order valence-electron chi connectivity index (χ1n) is 11.0. The van der Waals surface area contributed by atoms with Crippen molar-refractivity contribution >= 4 is 38.3 Å². The average molecular weight is 492 g/mol. The highest BCUT2D eigenvalue weighted by molar-refractivity contribution is 7.92. The van der Waals surface area contributed by atoms with Crippen LogP contribution in [0.5, 0.6) is 0 Å². The lowest BCUT2D eigenvalue weighted by molar-refractivity contribution is -0.116. The van der Waals surface area contributed by atoms with Gasteiger partial charge in [0.05, 0.1) is 30.1 Å². The van der Waals surface area contributed by atoms with Gasteiger partial charge in [0.2, 0.25) is 0 Å². The van der Waals surface area contributed by atoms with Crippen molar-refractivity contribution in [1.29, 1.82) is 0 Å². The Morgan fingerprint density at radius 1 is 1.17 bits per heavy atom. The van der Waals surface area contributed by atoms with Crippen LogP contribution in [-0.4, -0.2) is 42.4 Å². The summed E-state index contributed by atoms with van der Waals surface area (Å²) in [5.74, 6) is -0.985. The van der Waals surface area contributed by atoms with Gasteiger partial charge in [0.25, 0.3) is 0 Å². The van der Waals surface area contributed by atoms with E-state index < -0.39 is 21.4 Å². The number of sulfone groups is 1. The number of para-hydroxylation sites is 1. The summed E-state index contributed by atoms with van der Waals surface area (Å²) in [5, 5.41) is 4.25. The largest absolute Gasteiger partial charge is 0.361 e. The van der Waals surface area contributed by atoms with E-state index in [1.54, 1.807) is 60.2 Å². The van der Waals surface area contributed by atoms with Gasteiger partial charge < -0.3 is 9.09 Å². The summed E-state index contributed by atoms with van der Waals surface area (Å²) in [5.41, 5.74) is 3.22. The van der Waals surface area contributed by atoms with Crippen LogP contribution in [0.2, 0.25) is 0 Å². The van der Waals surface area contributed by atoms with E-state index in [4.69, 9.17) is 4.52 Å². The van der Waals surface area contributed by atoms with Crippen molar-refractivity contribution in [2.24, 2.45) is 4.99 Å². The zero-order valence-electron chi connectivity index (χ0n) is 18.9. The van der Waals surface area contributed by atoms with Gasteiger partial charge in [-0.05, 0) is 36.3 Å². The van der Waals surface area contributed by atoms with Gasteiger partial charge in [0.1, 0.15) is 17.3 Å². The maximum absolute atomic E-state index is 14.7. The first-order valence-corrected chi connectivity index (χ1v) is 12.7. The maximum atomic E-state index is 14.7. The van der Waals surface area contributed by atoms with Crippen molar-refractivity contribution in [3.8, 4) is 0 Å². The smallest absolute Gasteiger partial charge is 0.187 e. The maximum Gasteiger partial charge on any atom is 0.187 e. The molecule has 35 heavy (non-hydrogen) atoms. The van der Waals surface area contributed by atoms with Crippen molar-refractivity contribution < 1.29 is 22.1 Å². The van der Waals surface area contributed by atoms with E-state index in [2.05, 4.69) is 10.1 Å². The second-order valence-corrected chi connectivity index (χ2v) is 10.5. The molecule has 0 atom stereocenters. The second kappa shape index (κ2) is 9.07. The predicted octanol–water partition coefficient (Wildman–Crippen LogP) is 4.18. The molecule has 2 aromatic heterocycles. The Morgan fingerprint density at radius 2 is 2.00 bits per heavy atom. The number of fused-ring (bicyclic) bond motifs is 1. The molecular formula is C26H22FN3O4S. The van der Waals surface area contributed by atoms with Gasteiger partial charge in [-0.2, -0.15) is 0 Å². The topological polar surface area (TPSA) is 94.5 Å². The normalized spacial score (nSPS) is 13.5. The Morgan fingerprint density at radius 3 is 2.74 bits per heavy atom. The molecule has 3 heterocycles. The number of allylic oxidation sites excluding steroid dienone is 1. The molecule has 1 aliphatic rings. The lowest BCUT2D eigenvalue weighted by Gasteiger charge is -2.09. The quantitative estimate of drug-likeness (QED) is 0.369. The summed E-state index contributed by atoms with van der Waals surface area (Å²) in [6.07, 6.45) is 5.07. The van der Waals surface area contributed by atoms with E-state index >= 15 is 0 Å². The molecule has 0 saturated heterocycles. The van der Waals surface area contributed by atoms with Gasteiger partial charge in [-0.1, -0.05) is 35.5 Å². The molecule has 1 aliphatic heterocycles. The van der Waals surface area contributed by atoms with Gasteiger partial charge in [0.15, 0.2) is 15.6 Å². The molecule has 0 amide bonds. The average Bonchev–Trinajstić information content (AvgIpc) is 3.56. The number of rotatable bonds is 8. The van der Waals surface area contributed by atoms with Crippen LogP contribution in [-0.2, 0) is 27.6 Å². The van der Waals surface area contributed by atoms with E-state index in [1.165, 1.54) is 12.3 Å². The van der Waals surface area contributed by atoms with Gasteiger partial charge in [-0.25, -0.2) is 12.8 Å². The summed E-state index contributed by atoms with van der Waals surface area (Å²) in [6.45, 7) is 2.43. The highest BCUT2D eigenvalue weighted by Gasteiger charge is 2.25. The van der Waals surface area contributed by atoms with Crippen LogP contribution in [0.25, 0.3) is 16.5 Å². The molecule has 178 valence electrons. The fraction of sp³-hybridized carbons (Fsp3) is 0.192. The second-order valence-electron chi connectivity index (χ2n) is 8.50. The summed E-state index contributed by atoms with van der Waals surface area (Å²) in [4.78, 5) is 16.7. The molecule has 7 nitrogen and oxygen atoms in total. The molecule has 0 fully saturated rings. The standard InChI is InChI=1S/C26H22FN3O4S/c1-17-10-21(29-34-17)12-22(31)16-35(32,33)26-15-30(25-5-3-2-4-23(25)26)14-20-11-18(6-7-24(20)27)19-8-9-28-13-19/h2-8,10-11,13,15H,9,12,14,16H2,1H3. The Hall–Kier alpha value is -3.85. The van der Waals surface area contributed by atoms with Crippen LogP contribution in [0.15, 0.2) is 75.2 Å². The number of halogens is 1. The molecule has 0 saturated carbocycles. The highest BCUT2D eigenvalue weighted by Crippen LogP contribution is 2.28. The number of carbonyl (C=O) groups is 1. The van der Waals surface area contributed by atoms with Crippen LogP contribution >= 0.6 is 0 Å². The molecule has 5 rings (SSSR count). The highest BCUT2D eigenvalue weighted by atomic mass is 32.2. The number of carbonyl (C=O) groups excluding carboxylic acids is 1. The molecule has 0 aliphatic carbocycles. The summed E-state index contributed by atoms with van der Waals surface area (Å²) in [6, 6.07) is 13.5.